The van der Waals surface area contributed by atoms with Crippen molar-refractivity contribution >= 4 is 0 Å². The van der Waals surface area contributed by atoms with Crippen LogP contribution in [0.15, 0.2) is 60.9 Å². The Bertz CT molecular complexity index is 1010. The minimum Gasteiger partial charge on any atom is -0.497 e. The molecule has 2 aromatic carbocycles. The average Bonchev–Trinajstić information content (AvgIpc) is 3.34. The first-order valence-corrected chi connectivity index (χ1v) is 11.8. The summed E-state index contributed by atoms with van der Waals surface area (Å²) in [7, 11) is 1.64. The van der Waals surface area contributed by atoms with E-state index in [0.717, 1.165) is 25.1 Å². The maximum atomic E-state index is 5.82. The van der Waals surface area contributed by atoms with Crippen LogP contribution in [0.3, 0.4) is 0 Å². The minimum atomic E-state index is 0.395. The van der Waals surface area contributed by atoms with Crippen molar-refractivity contribution in [2.75, 3.05) is 26.8 Å². The third kappa shape index (κ3) is 5.63. The fraction of sp³-hybridized carbons (Fsp3) is 0.407. The quantitative estimate of drug-likeness (QED) is 0.437. The van der Waals surface area contributed by atoms with Gasteiger partial charge in [0.1, 0.15) is 11.5 Å². The maximum Gasteiger partial charge on any atom is 0.316 e. The molecule has 2 fully saturated rings. The molecular formula is C27H31N3O3. The van der Waals surface area contributed by atoms with Crippen LogP contribution >= 0.6 is 0 Å². The van der Waals surface area contributed by atoms with E-state index >= 15 is 0 Å². The summed E-state index contributed by atoms with van der Waals surface area (Å²) >= 11 is 0. The van der Waals surface area contributed by atoms with Crippen molar-refractivity contribution in [1.29, 1.82) is 0 Å². The van der Waals surface area contributed by atoms with Crippen molar-refractivity contribution in [3.63, 3.8) is 0 Å². The Hall–Kier alpha value is -3.12. The fourth-order valence-electron chi connectivity index (χ4n) is 4.64. The van der Waals surface area contributed by atoms with E-state index in [-0.39, 0.29) is 0 Å². The lowest BCUT2D eigenvalue weighted by Gasteiger charge is -2.35. The summed E-state index contributed by atoms with van der Waals surface area (Å²) in [6.07, 6.45) is 8.28. The predicted molar refractivity (Wildman–Crippen MR) is 127 cm³/mol. The van der Waals surface area contributed by atoms with Crippen LogP contribution in [-0.4, -0.2) is 41.7 Å². The van der Waals surface area contributed by atoms with E-state index in [9.17, 15) is 0 Å². The molecule has 2 aliphatic rings. The smallest absolute Gasteiger partial charge is 0.316 e. The first kappa shape index (κ1) is 21.7. The summed E-state index contributed by atoms with van der Waals surface area (Å²) in [6, 6.07) is 17.0. The van der Waals surface area contributed by atoms with Crippen LogP contribution in [0.5, 0.6) is 23.3 Å². The third-order valence-electron chi connectivity index (χ3n) is 6.64. The topological polar surface area (TPSA) is 56.7 Å². The number of rotatable bonds is 9. The number of hydrogen-bond donors (Lipinski definition) is 0. The molecule has 6 heteroatoms. The highest BCUT2D eigenvalue weighted by atomic mass is 16.5. The predicted octanol–water partition coefficient (Wildman–Crippen LogP) is 5.45. The molecule has 3 aromatic rings. The van der Waals surface area contributed by atoms with Crippen molar-refractivity contribution in [1.82, 2.24) is 14.9 Å². The number of methoxy groups -OCH3 is 1. The molecule has 6 nitrogen and oxygen atoms in total. The van der Waals surface area contributed by atoms with Gasteiger partial charge < -0.3 is 14.2 Å². The molecule has 0 unspecified atom stereocenters. The van der Waals surface area contributed by atoms with Crippen molar-refractivity contribution in [2.45, 2.75) is 38.1 Å². The van der Waals surface area contributed by atoms with Crippen LogP contribution in [0.1, 0.15) is 42.7 Å². The van der Waals surface area contributed by atoms with Gasteiger partial charge in [0, 0.05) is 6.54 Å². The van der Waals surface area contributed by atoms with Crippen LogP contribution < -0.4 is 14.2 Å². The second-order valence-electron chi connectivity index (χ2n) is 9.05. The first-order chi connectivity index (χ1) is 16.2. The molecule has 1 saturated heterocycles. The van der Waals surface area contributed by atoms with Crippen molar-refractivity contribution < 1.29 is 14.2 Å². The van der Waals surface area contributed by atoms with Gasteiger partial charge in [0.15, 0.2) is 5.75 Å². The Balaban J connectivity index is 1.04. The number of aromatic nitrogens is 2. The number of benzene rings is 2. The van der Waals surface area contributed by atoms with Crippen molar-refractivity contribution in [2.24, 2.45) is 5.92 Å². The van der Waals surface area contributed by atoms with Crippen LogP contribution in [0, 0.1) is 5.92 Å². The second-order valence-corrected chi connectivity index (χ2v) is 9.05. The van der Waals surface area contributed by atoms with Gasteiger partial charge in [0.05, 0.1) is 26.1 Å². The second kappa shape index (κ2) is 10.2. The monoisotopic (exact) mass is 445 g/mol. The van der Waals surface area contributed by atoms with Gasteiger partial charge in [-0.2, -0.15) is 9.97 Å². The lowest BCUT2D eigenvalue weighted by atomic mass is 9.72. The van der Waals surface area contributed by atoms with E-state index < -0.39 is 0 Å². The molecule has 1 aliphatic heterocycles. The van der Waals surface area contributed by atoms with Gasteiger partial charge in [-0.15, -0.1) is 0 Å². The van der Waals surface area contributed by atoms with Gasteiger partial charge in [0.25, 0.3) is 0 Å². The SMILES string of the molecule is COc1ccc(Oc2cnc(OC[C@H]3C[C@@H](c4ccc(CN5CCCC5)cc4)C3)nc2)cc1. The number of hydrogen-bond acceptors (Lipinski definition) is 6. The van der Waals surface area contributed by atoms with Gasteiger partial charge in [-0.1, -0.05) is 24.3 Å². The standard InChI is InChI=1S/C27H31N3O3/c1-31-24-8-10-25(11-9-24)33-26-16-28-27(29-17-26)32-19-21-14-23(15-21)22-6-4-20(5-7-22)18-30-12-2-3-13-30/h4-11,16-17,21,23H,2-3,12-15,18-19H2,1H3/t21-,23+. The van der Waals surface area contributed by atoms with E-state index in [2.05, 4.69) is 39.1 Å². The molecule has 0 atom stereocenters. The van der Waals surface area contributed by atoms with E-state index in [4.69, 9.17) is 14.2 Å². The molecule has 0 spiro atoms. The first-order valence-electron chi connectivity index (χ1n) is 11.8. The molecule has 2 heterocycles. The zero-order valence-electron chi connectivity index (χ0n) is 19.2. The average molecular weight is 446 g/mol. The highest BCUT2D eigenvalue weighted by Gasteiger charge is 2.31. The summed E-state index contributed by atoms with van der Waals surface area (Å²) in [4.78, 5) is 11.1. The van der Waals surface area contributed by atoms with Crippen LogP contribution in [0.2, 0.25) is 0 Å². The third-order valence-corrected chi connectivity index (χ3v) is 6.64. The lowest BCUT2D eigenvalue weighted by Crippen LogP contribution is -2.27. The number of nitrogens with zero attached hydrogens (tertiary/aromatic N) is 3. The van der Waals surface area contributed by atoms with E-state index in [0.29, 0.717) is 36.0 Å². The molecule has 172 valence electrons. The zero-order chi connectivity index (χ0) is 22.5. The highest BCUT2D eigenvalue weighted by molar-refractivity contribution is 5.34. The summed E-state index contributed by atoms with van der Waals surface area (Å²) in [6.45, 7) is 4.23. The summed E-state index contributed by atoms with van der Waals surface area (Å²) in [5.74, 6) is 3.26. The van der Waals surface area contributed by atoms with E-state index in [1.165, 1.54) is 37.1 Å². The normalized spacial score (nSPS) is 20.3. The van der Waals surface area contributed by atoms with Crippen LogP contribution in [0.25, 0.3) is 0 Å². The Morgan fingerprint density at radius 2 is 1.52 bits per heavy atom. The molecule has 33 heavy (non-hydrogen) atoms. The largest absolute Gasteiger partial charge is 0.497 e. The molecule has 0 bridgehead atoms. The van der Waals surface area contributed by atoms with Crippen molar-refractivity contribution in [3.05, 3.63) is 72.1 Å². The highest BCUT2D eigenvalue weighted by Crippen LogP contribution is 2.41. The molecule has 0 amide bonds. The maximum absolute atomic E-state index is 5.82. The minimum absolute atomic E-state index is 0.395. The lowest BCUT2D eigenvalue weighted by molar-refractivity contribution is 0.149. The molecular weight excluding hydrogens is 414 g/mol. The zero-order valence-corrected chi connectivity index (χ0v) is 19.2. The van der Waals surface area contributed by atoms with Crippen LogP contribution in [0.4, 0.5) is 0 Å². The number of likely N-dealkylation sites (tertiary alicyclic amines) is 1. The Labute approximate surface area is 195 Å². The van der Waals surface area contributed by atoms with Gasteiger partial charge in [-0.3, -0.25) is 4.90 Å². The molecule has 0 N–H and O–H groups in total. The Morgan fingerprint density at radius 1 is 0.848 bits per heavy atom. The molecule has 0 radical (unpaired) electrons. The van der Waals surface area contributed by atoms with Gasteiger partial charge in [-0.25, -0.2) is 0 Å². The van der Waals surface area contributed by atoms with Gasteiger partial charge >= 0.3 is 6.01 Å². The molecule has 1 aliphatic carbocycles. The van der Waals surface area contributed by atoms with Gasteiger partial charge in [-0.05, 0) is 86.0 Å². The number of ether oxygens (including phenoxy) is 3. The van der Waals surface area contributed by atoms with Crippen LogP contribution in [-0.2, 0) is 6.54 Å². The summed E-state index contributed by atoms with van der Waals surface area (Å²) < 4.78 is 16.7. The van der Waals surface area contributed by atoms with E-state index in [1.807, 2.05) is 24.3 Å². The molecule has 1 saturated carbocycles. The fourth-order valence-corrected chi connectivity index (χ4v) is 4.64. The molecule has 1 aromatic heterocycles. The van der Waals surface area contributed by atoms with Gasteiger partial charge in [0.2, 0.25) is 0 Å². The Kier molecular flexibility index (Phi) is 6.72. The van der Waals surface area contributed by atoms with Crippen molar-refractivity contribution in [3.8, 4) is 23.3 Å². The molecule has 5 rings (SSSR count). The summed E-state index contributed by atoms with van der Waals surface area (Å²) in [5.41, 5.74) is 2.88. The Morgan fingerprint density at radius 3 is 2.18 bits per heavy atom. The van der Waals surface area contributed by atoms with E-state index in [1.54, 1.807) is 19.5 Å². The summed E-state index contributed by atoms with van der Waals surface area (Å²) in [5, 5.41) is 0.